The Balaban J connectivity index is 1.83. The summed E-state index contributed by atoms with van der Waals surface area (Å²) in [6.07, 6.45) is 1.01. The second kappa shape index (κ2) is 6.03. The van der Waals surface area contributed by atoms with E-state index < -0.39 is 0 Å². The first-order chi connectivity index (χ1) is 10.2. The molecule has 2 amide bonds. The zero-order valence-electron chi connectivity index (χ0n) is 11.6. The van der Waals surface area contributed by atoms with Gasteiger partial charge in [-0.25, -0.2) is 0 Å². The number of carbonyl (C=O) groups excluding carboxylic acids is 2. The summed E-state index contributed by atoms with van der Waals surface area (Å²) in [6.45, 7) is 2.06. The Morgan fingerprint density at radius 1 is 1.33 bits per heavy atom. The quantitative estimate of drug-likeness (QED) is 0.860. The van der Waals surface area contributed by atoms with Crippen molar-refractivity contribution in [2.75, 3.05) is 19.6 Å². The molecule has 0 radical (unpaired) electrons. The van der Waals surface area contributed by atoms with E-state index in [4.69, 9.17) is 11.6 Å². The predicted octanol–water partition coefficient (Wildman–Crippen LogP) is 1.09. The Labute approximate surface area is 128 Å². The van der Waals surface area contributed by atoms with Crippen LogP contribution in [0.3, 0.4) is 0 Å². The van der Waals surface area contributed by atoms with E-state index in [1.165, 1.54) is 0 Å². The summed E-state index contributed by atoms with van der Waals surface area (Å²) in [5.74, 6) is -0.0509. The van der Waals surface area contributed by atoms with Crippen LogP contribution in [-0.4, -0.2) is 42.4 Å². The van der Waals surface area contributed by atoms with Gasteiger partial charge in [0, 0.05) is 31.1 Å². The van der Waals surface area contributed by atoms with E-state index in [0.717, 1.165) is 12.1 Å². The Kier molecular flexibility index (Phi) is 4.12. The van der Waals surface area contributed by atoms with Crippen molar-refractivity contribution in [1.82, 2.24) is 15.5 Å². The van der Waals surface area contributed by atoms with E-state index in [2.05, 4.69) is 10.6 Å². The zero-order chi connectivity index (χ0) is 14.8. The average Bonchev–Trinajstić information content (AvgIpc) is 2.94. The Hall–Kier alpha value is -1.59. The van der Waals surface area contributed by atoms with Gasteiger partial charge >= 0.3 is 0 Å². The number of piperazine rings is 1. The third kappa shape index (κ3) is 2.89. The van der Waals surface area contributed by atoms with Gasteiger partial charge in [0.1, 0.15) is 6.04 Å². The lowest BCUT2D eigenvalue weighted by Crippen LogP contribution is -2.53. The molecule has 5 nitrogen and oxygen atoms in total. The van der Waals surface area contributed by atoms with Gasteiger partial charge in [0.2, 0.25) is 11.8 Å². The molecule has 2 aliphatic rings. The van der Waals surface area contributed by atoms with E-state index in [-0.39, 0.29) is 23.9 Å². The zero-order valence-corrected chi connectivity index (χ0v) is 12.4. The van der Waals surface area contributed by atoms with E-state index in [9.17, 15) is 9.59 Å². The van der Waals surface area contributed by atoms with Crippen molar-refractivity contribution < 1.29 is 9.59 Å². The number of carbonyl (C=O) groups is 2. The molecule has 2 heterocycles. The summed E-state index contributed by atoms with van der Waals surface area (Å²) in [4.78, 5) is 25.9. The maximum absolute atomic E-state index is 12.7. The molecular formula is C15H18ClN3O2. The monoisotopic (exact) mass is 307 g/mol. The maximum Gasteiger partial charge on any atom is 0.245 e. The molecule has 2 fully saturated rings. The van der Waals surface area contributed by atoms with Crippen molar-refractivity contribution in [3.8, 4) is 0 Å². The van der Waals surface area contributed by atoms with Gasteiger partial charge in [0.25, 0.3) is 0 Å². The molecule has 2 N–H and O–H groups in total. The van der Waals surface area contributed by atoms with Crippen LogP contribution in [0.15, 0.2) is 24.3 Å². The summed E-state index contributed by atoms with van der Waals surface area (Å²) in [7, 11) is 0. The van der Waals surface area contributed by atoms with Crippen molar-refractivity contribution in [3.63, 3.8) is 0 Å². The van der Waals surface area contributed by atoms with Crippen LogP contribution in [0.5, 0.6) is 0 Å². The molecular weight excluding hydrogens is 290 g/mol. The lowest BCUT2D eigenvalue weighted by atomic mass is 10.0. The minimum absolute atomic E-state index is 0.00716. The van der Waals surface area contributed by atoms with Gasteiger partial charge in [-0.1, -0.05) is 29.8 Å². The summed E-state index contributed by atoms with van der Waals surface area (Å²) < 4.78 is 0. The number of halogens is 1. The van der Waals surface area contributed by atoms with Crippen LogP contribution >= 0.6 is 11.6 Å². The van der Waals surface area contributed by atoms with Crippen LogP contribution in [0.1, 0.15) is 24.4 Å². The fourth-order valence-electron chi connectivity index (χ4n) is 2.99. The van der Waals surface area contributed by atoms with E-state index in [0.29, 0.717) is 31.0 Å². The molecule has 21 heavy (non-hydrogen) atoms. The van der Waals surface area contributed by atoms with Crippen LogP contribution in [0.4, 0.5) is 0 Å². The Morgan fingerprint density at radius 3 is 2.86 bits per heavy atom. The summed E-state index contributed by atoms with van der Waals surface area (Å²) >= 11 is 6.27. The molecule has 0 saturated carbocycles. The minimum atomic E-state index is -0.388. The van der Waals surface area contributed by atoms with Gasteiger partial charge in [-0.15, -0.1) is 0 Å². The molecule has 112 valence electrons. The van der Waals surface area contributed by atoms with Crippen LogP contribution in [0, 0.1) is 0 Å². The van der Waals surface area contributed by atoms with Gasteiger partial charge < -0.3 is 15.5 Å². The molecule has 0 aromatic heterocycles. The van der Waals surface area contributed by atoms with Gasteiger partial charge in [-0.2, -0.15) is 0 Å². The first kappa shape index (κ1) is 14.4. The van der Waals surface area contributed by atoms with Crippen LogP contribution in [0.2, 0.25) is 5.02 Å². The normalized spacial score (nSPS) is 25.8. The first-order valence-electron chi connectivity index (χ1n) is 7.22. The molecule has 0 bridgehead atoms. The molecule has 0 spiro atoms. The molecule has 1 aromatic carbocycles. The van der Waals surface area contributed by atoms with Gasteiger partial charge in [-0.3, -0.25) is 9.59 Å². The molecule has 0 aliphatic carbocycles. The average molecular weight is 308 g/mol. The summed E-state index contributed by atoms with van der Waals surface area (Å²) in [6, 6.07) is 7.12. The highest BCUT2D eigenvalue weighted by atomic mass is 35.5. The van der Waals surface area contributed by atoms with Crippen molar-refractivity contribution in [1.29, 1.82) is 0 Å². The van der Waals surface area contributed by atoms with Crippen molar-refractivity contribution in [3.05, 3.63) is 34.9 Å². The highest BCUT2D eigenvalue weighted by Gasteiger charge is 2.36. The maximum atomic E-state index is 12.7. The fraction of sp³-hybridized carbons (Fsp3) is 0.467. The number of hydrogen-bond donors (Lipinski definition) is 2. The van der Waals surface area contributed by atoms with Crippen molar-refractivity contribution >= 4 is 23.4 Å². The van der Waals surface area contributed by atoms with E-state index in [1.807, 2.05) is 29.2 Å². The fourth-order valence-corrected chi connectivity index (χ4v) is 3.25. The highest BCUT2D eigenvalue weighted by Crippen LogP contribution is 2.29. The van der Waals surface area contributed by atoms with Gasteiger partial charge in [0.15, 0.2) is 0 Å². The second-order valence-corrected chi connectivity index (χ2v) is 5.84. The van der Waals surface area contributed by atoms with Crippen LogP contribution in [-0.2, 0) is 9.59 Å². The lowest BCUT2D eigenvalue weighted by molar-refractivity contribution is -0.137. The molecule has 3 rings (SSSR count). The molecule has 2 atom stereocenters. The predicted molar refractivity (Wildman–Crippen MR) is 79.9 cm³/mol. The number of nitrogens with zero attached hydrogens (tertiary/aromatic N) is 1. The molecule has 2 aliphatic heterocycles. The summed E-state index contributed by atoms with van der Waals surface area (Å²) in [5, 5.41) is 6.73. The number of amides is 2. The second-order valence-electron chi connectivity index (χ2n) is 5.43. The Morgan fingerprint density at radius 2 is 2.14 bits per heavy atom. The SMILES string of the molecule is O=C1CC[C@H](C(=O)N2CCNCC2c2ccccc2Cl)N1. The lowest BCUT2D eigenvalue weighted by Gasteiger charge is -2.38. The number of rotatable bonds is 2. The minimum Gasteiger partial charge on any atom is -0.344 e. The topological polar surface area (TPSA) is 61.4 Å². The standard InChI is InChI=1S/C15H18ClN3O2/c16-11-4-2-1-3-10(11)13-9-17-7-8-19(13)15(21)12-5-6-14(20)18-12/h1-4,12-13,17H,5-9H2,(H,18,20)/t12-,13?/m1/s1. The van der Waals surface area contributed by atoms with E-state index in [1.54, 1.807) is 0 Å². The third-order valence-corrected chi connectivity index (χ3v) is 4.43. The molecule has 2 saturated heterocycles. The van der Waals surface area contributed by atoms with Crippen molar-refractivity contribution in [2.24, 2.45) is 0 Å². The number of hydrogen-bond acceptors (Lipinski definition) is 3. The van der Waals surface area contributed by atoms with E-state index >= 15 is 0 Å². The third-order valence-electron chi connectivity index (χ3n) is 4.08. The number of nitrogens with one attached hydrogen (secondary N) is 2. The Bertz CT molecular complexity index is 564. The van der Waals surface area contributed by atoms with Crippen LogP contribution < -0.4 is 10.6 Å². The van der Waals surface area contributed by atoms with Crippen LogP contribution in [0.25, 0.3) is 0 Å². The van der Waals surface area contributed by atoms with Crippen molar-refractivity contribution in [2.45, 2.75) is 24.9 Å². The molecule has 6 heteroatoms. The van der Waals surface area contributed by atoms with Gasteiger partial charge in [0.05, 0.1) is 6.04 Å². The highest BCUT2D eigenvalue weighted by molar-refractivity contribution is 6.31. The van der Waals surface area contributed by atoms with Gasteiger partial charge in [-0.05, 0) is 18.1 Å². The summed E-state index contributed by atoms with van der Waals surface area (Å²) in [5.41, 5.74) is 0.948. The first-order valence-corrected chi connectivity index (χ1v) is 7.59. The largest absolute Gasteiger partial charge is 0.344 e. The molecule has 1 aromatic rings. The smallest absolute Gasteiger partial charge is 0.245 e. The number of benzene rings is 1. The molecule has 1 unspecified atom stereocenters.